The van der Waals surface area contributed by atoms with Gasteiger partial charge in [0.1, 0.15) is 48.3 Å². The van der Waals surface area contributed by atoms with E-state index in [1.807, 2.05) is 30.5 Å². The molecule has 1 aromatic heterocycles. The van der Waals surface area contributed by atoms with Crippen LogP contribution in [0, 0.1) is 5.92 Å². The Bertz CT molecular complexity index is 2350. The first-order valence-corrected chi connectivity index (χ1v) is 28.3. The average molecular weight is 1100 g/mol. The van der Waals surface area contributed by atoms with Crippen molar-refractivity contribution in [3.8, 4) is 0 Å². The van der Waals surface area contributed by atoms with Crippen LogP contribution in [0.3, 0.4) is 0 Å². The van der Waals surface area contributed by atoms with Crippen molar-refractivity contribution in [2.75, 3.05) is 38.2 Å². The summed E-state index contributed by atoms with van der Waals surface area (Å²) in [5.74, 6) is -7.25. The molecule has 2 saturated heterocycles. The Morgan fingerprint density at radius 1 is 0.688 bits per heavy atom. The second kappa shape index (κ2) is 31.8. The summed E-state index contributed by atoms with van der Waals surface area (Å²) in [7, 11) is 0. The summed E-state index contributed by atoms with van der Waals surface area (Å²) in [6.45, 7) is 5.96. The van der Waals surface area contributed by atoms with Crippen molar-refractivity contribution >= 4 is 81.8 Å². The number of fused-ring (bicyclic) bond motifs is 1. The fourth-order valence-electron chi connectivity index (χ4n) is 9.61. The monoisotopic (exact) mass is 1100 g/mol. The first-order chi connectivity index (χ1) is 36.8. The lowest BCUT2D eigenvalue weighted by molar-refractivity contribution is -0.145. The number of carboxylic acid groups (broad SMARTS) is 1. The number of carbonyl (C=O) groups excluding carboxylic acids is 9. The van der Waals surface area contributed by atoms with Gasteiger partial charge in [-0.3, -0.25) is 43.2 Å². The smallest absolute Gasteiger partial charge is 0.326 e. The van der Waals surface area contributed by atoms with E-state index in [1.165, 1.54) is 28.5 Å². The minimum absolute atomic E-state index is 0.0622. The minimum Gasteiger partial charge on any atom is -0.480 e. The van der Waals surface area contributed by atoms with Crippen LogP contribution in [-0.4, -0.2) is 172 Å². The number of hydrogen-bond donors (Lipinski definition) is 12. The highest BCUT2D eigenvalue weighted by Gasteiger charge is 2.42. The van der Waals surface area contributed by atoms with Crippen LogP contribution >= 0.6 is 11.8 Å². The van der Waals surface area contributed by atoms with E-state index in [-0.39, 0.29) is 64.5 Å². The fraction of sp³-hybridized carbons (Fsp3) is 0.654. The van der Waals surface area contributed by atoms with Gasteiger partial charge >= 0.3 is 5.97 Å². The maximum atomic E-state index is 14.8. The Morgan fingerprint density at radius 3 is 1.77 bits per heavy atom. The van der Waals surface area contributed by atoms with Gasteiger partial charge in [-0.2, -0.15) is 11.8 Å². The van der Waals surface area contributed by atoms with Crippen LogP contribution < -0.4 is 54.8 Å². The number of thioether (sulfide) groups is 1. The molecule has 0 radical (unpaired) electrons. The van der Waals surface area contributed by atoms with E-state index in [2.05, 4.69) is 36.9 Å². The third-order valence-corrected chi connectivity index (χ3v) is 14.9. The largest absolute Gasteiger partial charge is 0.480 e. The quantitative estimate of drug-likeness (QED) is 0.0396. The van der Waals surface area contributed by atoms with Gasteiger partial charge in [-0.05, 0) is 127 Å². The lowest BCUT2D eigenvalue weighted by Crippen LogP contribution is -2.61. The fourth-order valence-corrected chi connectivity index (χ4v) is 10.1. The van der Waals surface area contributed by atoms with Crippen molar-refractivity contribution < 1.29 is 53.1 Å². The third kappa shape index (κ3) is 18.7. The van der Waals surface area contributed by atoms with Gasteiger partial charge in [0.25, 0.3) is 0 Å². The maximum Gasteiger partial charge on any atom is 0.326 e. The van der Waals surface area contributed by atoms with Crippen LogP contribution in [0.5, 0.6) is 0 Å². The van der Waals surface area contributed by atoms with Crippen LogP contribution in [0.1, 0.15) is 116 Å². The Balaban J connectivity index is 1.61. The number of aliphatic carboxylic acids is 1. The molecule has 3 heterocycles. The van der Waals surface area contributed by atoms with Gasteiger partial charge in [-0.25, -0.2) is 4.79 Å². The molecule has 4 rings (SSSR count). The van der Waals surface area contributed by atoms with E-state index in [1.54, 1.807) is 20.0 Å². The van der Waals surface area contributed by atoms with Crippen molar-refractivity contribution in [1.29, 1.82) is 0 Å². The molecule has 77 heavy (non-hydrogen) atoms. The molecule has 0 spiro atoms. The van der Waals surface area contributed by atoms with Crippen LogP contribution in [0.4, 0.5) is 0 Å². The van der Waals surface area contributed by atoms with Gasteiger partial charge in [-0.15, -0.1) is 0 Å². The molecule has 0 bridgehead atoms. The lowest BCUT2D eigenvalue weighted by Gasteiger charge is -2.32. The summed E-state index contributed by atoms with van der Waals surface area (Å²) in [5, 5.41) is 27.1. The SMILES string of the molecule is CC[C@H](C)[C@H](NC(=O)[C@H](Cc1c[nH]c2ccccc12)NC(=O)[C@@H]1CCCN1C(=O)[C@H](CCCCN)NC(=O)[C@H](CCSC)NC(=O)[C@H](C)N)C(=O)N[C@@H](CCC(N)=O)C(=O)N1CCC[C@H]1C(=O)N[C@@H](CCCCN)C(=O)O. The number of aromatic amines is 1. The van der Waals surface area contributed by atoms with Crippen LogP contribution in [-0.2, 0) is 54.4 Å². The number of primary amides is 1. The normalized spacial score (nSPS) is 18.4. The maximum absolute atomic E-state index is 14.8. The Kier molecular flexibility index (Phi) is 26.1. The van der Waals surface area contributed by atoms with E-state index in [9.17, 15) is 53.1 Å². The molecule has 1 aromatic carbocycles. The summed E-state index contributed by atoms with van der Waals surface area (Å²) in [5.41, 5.74) is 24.1. The topological polar surface area (TPSA) is 389 Å². The highest BCUT2D eigenvalue weighted by molar-refractivity contribution is 7.98. The molecule has 10 atom stereocenters. The van der Waals surface area contributed by atoms with Crippen molar-refractivity contribution in [2.24, 2.45) is 28.9 Å². The zero-order valence-corrected chi connectivity index (χ0v) is 45.8. The van der Waals surface area contributed by atoms with E-state index < -0.39 is 119 Å². The number of likely N-dealkylation sites (tertiary alicyclic amines) is 2. The number of H-pyrrole nitrogens is 1. The summed E-state index contributed by atoms with van der Waals surface area (Å²) in [6.07, 6.45) is 7.18. The molecule has 2 aromatic rings. The molecule has 25 heteroatoms. The number of unbranched alkanes of at least 4 members (excludes halogenated alkanes) is 2. The molecule has 0 saturated carbocycles. The van der Waals surface area contributed by atoms with E-state index in [4.69, 9.17) is 22.9 Å². The summed E-state index contributed by atoms with van der Waals surface area (Å²) in [6, 6.07) is -2.97. The van der Waals surface area contributed by atoms with E-state index in [0.29, 0.717) is 69.4 Å². The Hall–Kier alpha value is -6.31. The molecule has 16 N–H and O–H groups in total. The van der Waals surface area contributed by atoms with Crippen molar-refractivity contribution in [3.05, 3.63) is 36.0 Å². The van der Waals surface area contributed by atoms with Gasteiger partial charge in [0.15, 0.2) is 0 Å². The van der Waals surface area contributed by atoms with Crippen LogP contribution in [0.25, 0.3) is 10.9 Å². The van der Waals surface area contributed by atoms with E-state index >= 15 is 0 Å². The molecule has 2 aliphatic heterocycles. The van der Waals surface area contributed by atoms with Crippen molar-refractivity contribution in [3.63, 3.8) is 0 Å². The number of carbonyl (C=O) groups is 10. The lowest BCUT2D eigenvalue weighted by atomic mass is 9.96. The first-order valence-electron chi connectivity index (χ1n) is 26.9. The number of benzene rings is 1. The number of carboxylic acids is 1. The second-order valence-electron chi connectivity index (χ2n) is 20.1. The minimum atomic E-state index is -1.39. The second-order valence-corrected chi connectivity index (χ2v) is 21.1. The molecular weight excluding hydrogens is 1010 g/mol. The number of aromatic nitrogens is 1. The molecule has 0 unspecified atom stereocenters. The summed E-state index contributed by atoms with van der Waals surface area (Å²) in [4.78, 5) is 143. The van der Waals surface area contributed by atoms with Gasteiger partial charge in [0.05, 0.1) is 6.04 Å². The number of hydrogen-bond acceptors (Lipinski definition) is 14. The van der Waals surface area contributed by atoms with Gasteiger partial charge in [0, 0.05) is 43.0 Å². The number of nitrogens with one attached hydrogen (secondary N) is 7. The molecular formula is C52H83N13O11S. The Morgan fingerprint density at radius 2 is 1.22 bits per heavy atom. The predicted molar refractivity (Wildman–Crippen MR) is 291 cm³/mol. The van der Waals surface area contributed by atoms with E-state index in [0.717, 1.165) is 10.9 Å². The molecule has 24 nitrogen and oxygen atoms in total. The zero-order chi connectivity index (χ0) is 56.8. The zero-order valence-electron chi connectivity index (χ0n) is 44.9. The molecule has 2 fully saturated rings. The third-order valence-electron chi connectivity index (χ3n) is 14.3. The summed E-state index contributed by atoms with van der Waals surface area (Å²) < 4.78 is 0. The first kappa shape index (κ1) is 63.2. The summed E-state index contributed by atoms with van der Waals surface area (Å²) >= 11 is 1.48. The van der Waals surface area contributed by atoms with Crippen molar-refractivity contribution in [1.82, 2.24) is 46.7 Å². The van der Waals surface area contributed by atoms with Crippen LogP contribution in [0.15, 0.2) is 30.5 Å². The molecule has 2 aliphatic rings. The number of amides is 9. The van der Waals surface area contributed by atoms with Crippen LogP contribution in [0.2, 0.25) is 0 Å². The molecule has 0 aliphatic carbocycles. The standard InChI is InChI=1S/C52H83N13O11S/c1-5-30(2)43(49(72)60-37(20-21-42(56)66)51(74)65-26-12-18-40(65)47(70)61-38(52(75)76)17-9-11-24-54)63-46(69)39(28-32-29-57-34-15-7-6-14-33(32)34)62-48(71)41-19-13-25-64(41)50(73)36(16-8-10-23-53)59-45(68)35(22-27-77-4)58-44(67)31(3)55/h6-7,14-15,29-31,35-41,43,57H,5,8-13,16-28,53-55H2,1-4H3,(H2,56,66)(H,58,67)(H,59,68)(H,60,72)(H,61,70)(H,62,71)(H,63,69)(H,75,76)/t30-,31-,35-,36-,37-,38-,39-,40-,41-,43-/m0/s1. The number of nitrogens with two attached hydrogens (primary N) is 4. The van der Waals surface area contributed by atoms with Crippen molar-refractivity contribution in [2.45, 2.75) is 171 Å². The highest BCUT2D eigenvalue weighted by atomic mass is 32.2. The number of rotatable bonds is 33. The predicted octanol–water partition coefficient (Wildman–Crippen LogP) is -0.644. The number of para-hydroxylation sites is 1. The van der Waals surface area contributed by atoms with Gasteiger partial charge in [-0.1, -0.05) is 38.5 Å². The van der Waals surface area contributed by atoms with Gasteiger partial charge < -0.3 is 74.7 Å². The van der Waals surface area contributed by atoms with Gasteiger partial charge in [0.2, 0.25) is 53.2 Å². The molecule has 9 amide bonds. The average Bonchev–Trinajstić information content (AvgIpc) is 4.20. The number of nitrogens with zero attached hydrogens (tertiary/aromatic N) is 2. The Labute approximate surface area is 454 Å². The highest BCUT2D eigenvalue weighted by Crippen LogP contribution is 2.24. The molecule has 428 valence electrons.